The maximum Gasteiger partial charge on any atom is 0.188 e. The molecule has 3 rings (SSSR count). The molecule has 19 heavy (non-hydrogen) atoms. The predicted molar refractivity (Wildman–Crippen MR) is 85.9 cm³/mol. The molecule has 0 saturated carbocycles. The molecule has 0 spiro atoms. The van der Waals surface area contributed by atoms with Crippen molar-refractivity contribution in [2.45, 2.75) is 11.8 Å². The minimum absolute atomic E-state index is 0.942. The molecular formula is C15H14N2S2. The van der Waals surface area contributed by atoms with Gasteiger partial charge in [0, 0.05) is 10.6 Å². The smallest absolute Gasteiger partial charge is 0.188 e. The second-order valence-corrected chi connectivity index (χ2v) is 6.25. The van der Waals surface area contributed by atoms with E-state index in [-0.39, 0.29) is 0 Å². The van der Waals surface area contributed by atoms with Crippen LogP contribution in [0.2, 0.25) is 0 Å². The molecule has 0 amide bonds. The van der Waals surface area contributed by atoms with Crippen molar-refractivity contribution >= 4 is 44.1 Å². The van der Waals surface area contributed by atoms with Crippen molar-refractivity contribution in [1.29, 1.82) is 0 Å². The summed E-state index contributed by atoms with van der Waals surface area (Å²) in [5.41, 5.74) is 3.38. The number of aromatic nitrogens is 1. The first-order valence-corrected chi connectivity index (χ1v) is 8.07. The Hall–Kier alpha value is -1.52. The van der Waals surface area contributed by atoms with Gasteiger partial charge in [0.05, 0.1) is 10.2 Å². The Morgan fingerprint density at radius 2 is 1.89 bits per heavy atom. The van der Waals surface area contributed by atoms with Gasteiger partial charge >= 0.3 is 0 Å². The summed E-state index contributed by atoms with van der Waals surface area (Å²) in [7, 11) is 0. The van der Waals surface area contributed by atoms with E-state index in [1.54, 1.807) is 23.1 Å². The number of thioether (sulfide) groups is 1. The number of nitrogens with zero attached hydrogens (tertiary/aromatic N) is 1. The monoisotopic (exact) mass is 286 g/mol. The number of fused-ring (bicyclic) bond motifs is 1. The minimum atomic E-state index is 0.942. The minimum Gasteiger partial charge on any atom is -0.332 e. The highest BCUT2D eigenvalue weighted by atomic mass is 32.2. The van der Waals surface area contributed by atoms with Crippen LogP contribution >= 0.6 is 23.1 Å². The van der Waals surface area contributed by atoms with Gasteiger partial charge in [0.15, 0.2) is 5.13 Å². The van der Waals surface area contributed by atoms with Gasteiger partial charge in [-0.25, -0.2) is 4.98 Å². The van der Waals surface area contributed by atoms with Gasteiger partial charge in [0.1, 0.15) is 0 Å². The number of hydrogen-bond acceptors (Lipinski definition) is 4. The molecule has 0 fully saturated rings. The van der Waals surface area contributed by atoms with Crippen LogP contribution in [-0.4, -0.2) is 11.2 Å². The molecule has 1 N–H and O–H groups in total. The molecule has 2 nitrogen and oxygen atoms in total. The molecule has 0 bridgehead atoms. The Labute approximate surface area is 120 Å². The number of thiazole rings is 1. The summed E-state index contributed by atoms with van der Waals surface area (Å²) in [6, 6.07) is 14.8. The Bertz CT molecular complexity index is 702. The number of nitrogens with one attached hydrogen (secondary N) is 1. The molecule has 2 aromatic carbocycles. The lowest BCUT2D eigenvalue weighted by atomic mass is 10.2. The third-order valence-electron chi connectivity index (χ3n) is 2.88. The fourth-order valence-electron chi connectivity index (χ4n) is 1.89. The number of rotatable bonds is 3. The summed E-state index contributed by atoms with van der Waals surface area (Å²) in [6.45, 7) is 2.09. The van der Waals surface area contributed by atoms with Gasteiger partial charge in [-0.3, -0.25) is 0 Å². The highest BCUT2D eigenvalue weighted by Crippen LogP contribution is 2.29. The van der Waals surface area contributed by atoms with E-state index < -0.39 is 0 Å². The Morgan fingerprint density at radius 3 is 2.63 bits per heavy atom. The summed E-state index contributed by atoms with van der Waals surface area (Å²) in [6.07, 6.45) is 2.08. The zero-order valence-electron chi connectivity index (χ0n) is 10.8. The van der Waals surface area contributed by atoms with Crippen molar-refractivity contribution in [3.05, 3.63) is 48.0 Å². The number of anilines is 2. The third-order valence-corrected chi connectivity index (χ3v) is 4.58. The maximum absolute atomic E-state index is 4.61. The molecule has 96 valence electrons. The van der Waals surface area contributed by atoms with Crippen LogP contribution in [-0.2, 0) is 0 Å². The van der Waals surface area contributed by atoms with Crippen molar-refractivity contribution in [1.82, 2.24) is 4.98 Å². The van der Waals surface area contributed by atoms with Crippen LogP contribution < -0.4 is 5.32 Å². The molecule has 3 aromatic rings. The van der Waals surface area contributed by atoms with Crippen molar-refractivity contribution < 1.29 is 0 Å². The Kier molecular flexibility index (Phi) is 3.44. The van der Waals surface area contributed by atoms with Gasteiger partial charge in [-0.15, -0.1) is 11.8 Å². The quantitative estimate of drug-likeness (QED) is 0.680. The lowest BCUT2D eigenvalue weighted by Crippen LogP contribution is -1.88. The van der Waals surface area contributed by atoms with Crippen LogP contribution in [0.1, 0.15) is 5.56 Å². The van der Waals surface area contributed by atoms with Gasteiger partial charge in [-0.1, -0.05) is 17.4 Å². The number of aryl methyl sites for hydroxylation is 1. The highest BCUT2D eigenvalue weighted by Gasteiger charge is 2.04. The second-order valence-electron chi connectivity index (χ2n) is 4.34. The largest absolute Gasteiger partial charge is 0.332 e. The van der Waals surface area contributed by atoms with Crippen LogP contribution in [0.15, 0.2) is 47.4 Å². The zero-order valence-corrected chi connectivity index (χ0v) is 12.4. The molecule has 4 heteroatoms. The first kappa shape index (κ1) is 12.5. The summed E-state index contributed by atoms with van der Waals surface area (Å²) in [4.78, 5) is 5.88. The third kappa shape index (κ3) is 2.74. The van der Waals surface area contributed by atoms with Crippen LogP contribution in [0.3, 0.4) is 0 Å². The van der Waals surface area contributed by atoms with E-state index in [9.17, 15) is 0 Å². The standard InChI is InChI=1S/C15H14N2S2/c1-10-3-8-14-13(9-10)17-15(19-14)16-11-4-6-12(18-2)7-5-11/h3-9H,1-2H3,(H,16,17). The van der Waals surface area contributed by atoms with Gasteiger partial charge in [0.2, 0.25) is 0 Å². The van der Waals surface area contributed by atoms with Crippen molar-refractivity contribution in [3.8, 4) is 0 Å². The summed E-state index contributed by atoms with van der Waals surface area (Å²) >= 11 is 3.43. The first-order chi connectivity index (χ1) is 9.24. The summed E-state index contributed by atoms with van der Waals surface area (Å²) < 4.78 is 1.22. The van der Waals surface area contributed by atoms with Crippen LogP contribution in [0.4, 0.5) is 10.8 Å². The Morgan fingerprint density at radius 1 is 1.11 bits per heavy atom. The second kappa shape index (κ2) is 5.23. The highest BCUT2D eigenvalue weighted by molar-refractivity contribution is 7.98. The normalized spacial score (nSPS) is 10.8. The maximum atomic E-state index is 4.61. The molecule has 1 aromatic heterocycles. The van der Waals surface area contributed by atoms with Crippen LogP contribution in [0.25, 0.3) is 10.2 Å². The van der Waals surface area contributed by atoms with E-state index in [0.717, 1.165) is 16.3 Å². The van der Waals surface area contributed by atoms with E-state index in [2.05, 4.69) is 65.9 Å². The van der Waals surface area contributed by atoms with E-state index in [1.807, 2.05) is 0 Å². The van der Waals surface area contributed by atoms with Gasteiger partial charge in [-0.2, -0.15) is 0 Å². The van der Waals surface area contributed by atoms with Gasteiger partial charge in [0.25, 0.3) is 0 Å². The lowest BCUT2D eigenvalue weighted by Gasteiger charge is -2.02. The number of benzene rings is 2. The average molecular weight is 286 g/mol. The molecular weight excluding hydrogens is 272 g/mol. The van der Waals surface area contributed by atoms with Crippen LogP contribution in [0.5, 0.6) is 0 Å². The fraction of sp³-hybridized carbons (Fsp3) is 0.133. The number of hydrogen-bond donors (Lipinski definition) is 1. The first-order valence-electron chi connectivity index (χ1n) is 6.03. The SMILES string of the molecule is CSc1ccc(Nc2nc3cc(C)ccc3s2)cc1. The molecule has 0 aliphatic rings. The van der Waals surface area contributed by atoms with Gasteiger partial charge < -0.3 is 5.32 Å². The molecule has 0 saturated heterocycles. The summed E-state index contributed by atoms with van der Waals surface area (Å²) in [5.74, 6) is 0. The van der Waals surface area contributed by atoms with Crippen molar-refractivity contribution in [3.63, 3.8) is 0 Å². The molecule has 1 heterocycles. The lowest BCUT2D eigenvalue weighted by molar-refractivity contribution is 1.40. The predicted octanol–water partition coefficient (Wildman–Crippen LogP) is 5.07. The van der Waals surface area contributed by atoms with E-state index in [0.29, 0.717) is 0 Å². The van der Waals surface area contributed by atoms with Gasteiger partial charge in [-0.05, 0) is 55.1 Å². The summed E-state index contributed by atoms with van der Waals surface area (Å²) in [5, 5.41) is 4.30. The average Bonchev–Trinajstić information content (AvgIpc) is 2.81. The van der Waals surface area contributed by atoms with E-state index in [1.165, 1.54) is 15.2 Å². The van der Waals surface area contributed by atoms with Crippen molar-refractivity contribution in [2.75, 3.05) is 11.6 Å². The zero-order chi connectivity index (χ0) is 13.2. The fourth-order valence-corrected chi connectivity index (χ4v) is 3.16. The topological polar surface area (TPSA) is 24.9 Å². The van der Waals surface area contributed by atoms with Crippen LogP contribution in [0, 0.1) is 6.92 Å². The molecule has 0 radical (unpaired) electrons. The van der Waals surface area contributed by atoms with E-state index >= 15 is 0 Å². The Balaban J connectivity index is 1.87. The van der Waals surface area contributed by atoms with E-state index in [4.69, 9.17) is 0 Å². The molecule has 0 atom stereocenters. The molecule has 0 aliphatic heterocycles. The molecule has 0 unspecified atom stereocenters. The molecule has 0 aliphatic carbocycles. The van der Waals surface area contributed by atoms with Crippen molar-refractivity contribution in [2.24, 2.45) is 0 Å².